The fourth-order valence-electron chi connectivity index (χ4n) is 1.17. The van der Waals surface area contributed by atoms with Crippen molar-refractivity contribution >= 4 is 18.1 Å². The fourth-order valence-corrected chi connectivity index (χ4v) is 1.17. The lowest BCUT2D eigenvalue weighted by Gasteiger charge is -2.17. The lowest BCUT2D eigenvalue weighted by molar-refractivity contribution is -0.149. The van der Waals surface area contributed by atoms with Crippen LogP contribution in [-0.2, 0) is 0 Å². The van der Waals surface area contributed by atoms with Gasteiger partial charge in [0.1, 0.15) is 6.04 Å². The Balaban J connectivity index is 0.00000225. The van der Waals surface area contributed by atoms with Gasteiger partial charge in [0, 0.05) is 19.8 Å². The van der Waals surface area contributed by atoms with Crippen molar-refractivity contribution in [1.29, 1.82) is 0 Å². The van der Waals surface area contributed by atoms with Crippen molar-refractivity contribution in [3.05, 3.63) is 29.8 Å². The number of anilines is 1. The molecule has 92 valence electrons. The van der Waals surface area contributed by atoms with Crippen LogP contribution in [0.4, 0.5) is 18.9 Å². The predicted octanol–water partition coefficient (Wildman–Crippen LogP) is 2.74. The van der Waals surface area contributed by atoms with E-state index in [-0.39, 0.29) is 18.0 Å². The maximum absolute atomic E-state index is 12.3. The summed E-state index contributed by atoms with van der Waals surface area (Å²) < 4.78 is 36.8. The van der Waals surface area contributed by atoms with Crippen LogP contribution in [0.1, 0.15) is 11.6 Å². The van der Waals surface area contributed by atoms with Gasteiger partial charge in [-0.05, 0) is 17.7 Å². The molecule has 0 heterocycles. The van der Waals surface area contributed by atoms with Gasteiger partial charge in [0.05, 0.1) is 0 Å². The van der Waals surface area contributed by atoms with Crippen molar-refractivity contribution in [3.8, 4) is 0 Å². The molecule has 0 fully saturated rings. The van der Waals surface area contributed by atoms with Gasteiger partial charge in [-0.15, -0.1) is 12.4 Å². The van der Waals surface area contributed by atoms with Crippen LogP contribution in [0.2, 0.25) is 0 Å². The summed E-state index contributed by atoms with van der Waals surface area (Å²) in [7, 11) is 3.64. The van der Waals surface area contributed by atoms with Crippen LogP contribution in [0, 0.1) is 0 Å². The van der Waals surface area contributed by atoms with Crippen molar-refractivity contribution in [2.45, 2.75) is 12.2 Å². The molecular formula is C10H14ClF3N2. The molecule has 0 unspecified atom stereocenters. The van der Waals surface area contributed by atoms with Gasteiger partial charge in [-0.3, -0.25) is 0 Å². The van der Waals surface area contributed by atoms with Crippen LogP contribution < -0.4 is 10.6 Å². The van der Waals surface area contributed by atoms with E-state index in [0.29, 0.717) is 0 Å². The van der Waals surface area contributed by atoms with E-state index < -0.39 is 12.2 Å². The standard InChI is InChI=1S/C10H13F3N2.ClH/c1-15(2)8-5-3-7(4-6-8)9(14)10(11,12)13;/h3-6,9H,14H2,1-2H3;1H/t9-;/m0./s1. The first kappa shape index (κ1) is 15.1. The number of hydrogen-bond acceptors (Lipinski definition) is 2. The number of hydrogen-bond donors (Lipinski definition) is 1. The zero-order chi connectivity index (χ0) is 11.6. The van der Waals surface area contributed by atoms with Gasteiger partial charge >= 0.3 is 6.18 Å². The average molecular weight is 255 g/mol. The molecule has 0 bridgehead atoms. The van der Waals surface area contributed by atoms with E-state index in [2.05, 4.69) is 0 Å². The smallest absolute Gasteiger partial charge is 0.378 e. The Morgan fingerprint density at radius 3 is 1.88 bits per heavy atom. The summed E-state index contributed by atoms with van der Waals surface area (Å²) in [6, 6.07) is 4.11. The molecule has 1 aromatic carbocycles. The normalized spacial score (nSPS) is 12.9. The number of nitrogens with zero attached hydrogens (tertiary/aromatic N) is 1. The minimum absolute atomic E-state index is 0. The fraction of sp³-hybridized carbons (Fsp3) is 0.400. The van der Waals surface area contributed by atoms with Crippen molar-refractivity contribution in [3.63, 3.8) is 0 Å². The molecule has 16 heavy (non-hydrogen) atoms. The first-order valence-electron chi connectivity index (χ1n) is 4.42. The van der Waals surface area contributed by atoms with Gasteiger partial charge < -0.3 is 10.6 Å². The first-order valence-corrected chi connectivity index (χ1v) is 4.42. The van der Waals surface area contributed by atoms with Crippen molar-refractivity contribution in [1.82, 2.24) is 0 Å². The molecule has 0 spiro atoms. The number of halogens is 4. The summed E-state index contributed by atoms with van der Waals surface area (Å²) in [5.74, 6) is 0. The number of alkyl halides is 3. The zero-order valence-electron chi connectivity index (χ0n) is 8.95. The third-order valence-corrected chi connectivity index (χ3v) is 2.12. The molecule has 0 aliphatic rings. The van der Waals surface area contributed by atoms with E-state index in [1.165, 1.54) is 12.1 Å². The highest BCUT2D eigenvalue weighted by atomic mass is 35.5. The number of benzene rings is 1. The minimum atomic E-state index is -4.39. The molecule has 0 saturated carbocycles. The zero-order valence-corrected chi connectivity index (χ0v) is 9.77. The van der Waals surface area contributed by atoms with Crippen LogP contribution in [0.3, 0.4) is 0 Å². The average Bonchev–Trinajstić information content (AvgIpc) is 2.15. The Hall–Kier alpha value is -0.940. The SMILES string of the molecule is CN(C)c1ccc([C@H](N)C(F)(F)F)cc1.Cl. The van der Waals surface area contributed by atoms with E-state index in [4.69, 9.17) is 5.73 Å². The monoisotopic (exact) mass is 254 g/mol. The molecule has 0 saturated heterocycles. The van der Waals surface area contributed by atoms with Gasteiger partial charge in [0.25, 0.3) is 0 Å². The Morgan fingerprint density at radius 2 is 1.56 bits per heavy atom. The van der Waals surface area contributed by atoms with Gasteiger partial charge in [-0.25, -0.2) is 0 Å². The highest BCUT2D eigenvalue weighted by Crippen LogP contribution is 2.30. The minimum Gasteiger partial charge on any atom is -0.378 e. The molecule has 0 amide bonds. The molecule has 1 aromatic rings. The second kappa shape index (κ2) is 5.41. The summed E-state index contributed by atoms with van der Waals surface area (Å²) >= 11 is 0. The summed E-state index contributed by atoms with van der Waals surface area (Å²) in [6.45, 7) is 0. The van der Waals surface area contributed by atoms with E-state index in [1.807, 2.05) is 19.0 Å². The van der Waals surface area contributed by atoms with Crippen LogP contribution >= 0.6 is 12.4 Å². The third-order valence-electron chi connectivity index (χ3n) is 2.12. The van der Waals surface area contributed by atoms with Crippen molar-refractivity contribution in [2.75, 3.05) is 19.0 Å². The Kier molecular flexibility index (Phi) is 5.09. The second-order valence-electron chi connectivity index (χ2n) is 3.51. The van der Waals surface area contributed by atoms with E-state index >= 15 is 0 Å². The topological polar surface area (TPSA) is 29.3 Å². The highest BCUT2D eigenvalue weighted by Gasteiger charge is 2.37. The highest BCUT2D eigenvalue weighted by molar-refractivity contribution is 5.85. The third kappa shape index (κ3) is 3.57. The first-order chi connectivity index (χ1) is 6.82. The molecule has 0 aliphatic heterocycles. The molecule has 1 atom stereocenters. The quantitative estimate of drug-likeness (QED) is 0.879. The summed E-state index contributed by atoms with van der Waals surface area (Å²) in [4.78, 5) is 1.81. The van der Waals surface area contributed by atoms with Crippen molar-refractivity contribution in [2.24, 2.45) is 5.73 Å². The van der Waals surface area contributed by atoms with Gasteiger partial charge in [0.15, 0.2) is 0 Å². The molecule has 0 aromatic heterocycles. The molecule has 6 heteroatoms. The molecule has 0 radical (unpaired) electrons. The molecule has 1 rings (SSSR count). The number of rotatable bonds is 2. The van der Waals surface area contributed by atoms with Crippen LogP contribution in [0.5, 0.6) is 0 Å². The maximum Gasteiger partial charge on any atom is 0.407 e. The van der Waals surface area contributed by atoms with E-state index in [9.17, 15) is 13.2 Å². The van der Waals surface area contributed by atoms with Crippen LogP contribution in [0.25, 0.3) is 0 Å². The molecule has 2 N–H and O–H groups in total. The molecule has 0 aliphatic carbocycles. The number of nitrogens with two attached hydrogens (primary N) is 1. The Bertz CT molecular complexity index is 322. The van der Waals surface area contributed by atoms with Gasteiger partial charge in [-0.1, -0.05) is 12.1 Å². The van der Waals surface area contributed by atoms with Gasteiger partial charge in [-0.2, -0.15) is 13.2 Å². The van der Waals surface area contributed by atoms with Crippen LogP contribution in [-0.4, -0.2) is 20.3 Å². The van der Waals surface area contributed by atoms with Crippen LogP contribution in [0.15, 0.2) is 24.3 Å². The van der Waals surface area contributed by atoms with Gasteiger partial charge in [0.2, 0.25) is 0 Å². The Labute approximate surface area is 98.6 Å². The summed E-state index contributed by atoms with van der Waals surface area (Å²) in [5.41, 5.74) is 5.98. The van der Waals surface area contributed by atoms with Crippen molar-refractivity contribution < 1.29 is 13.2 Å². The molecular weight excluding hydrogens is 241 g/mol. The maximum atomic E-state index is 12.3. The summed E-state index contributed by atoms with van der Waals surface area (Å²) in [5, 5.41) is 0. The lowest BCUT2D eigenvalue weighted by atomic mass is 10.1. The second-order valence-corrected chi connectivity index (χ2v) is 3.51. The molecule has 2 nitrogen and oxygen atoms in total. The predicted molar refractivity (Wildman–Crippen MR) is 61.0 cm³/mol. The van der Waals surface area contributed by atoms with E-state index in [1.54, 1.807) is 12.1 Å². The lowest BCUT2D eigenvalue weighted by Crippen LogP contribution is -2.28. The summed E-state index contributed by atoms with van der Waals surface area (Å²) in [6.07, 6.45) is -4.39. The Morgan fingerprint density at radius 1 is 1.12 bits per heavy atom. The largest absolute Gasteiger partial charge is 0.407 e. The van der Waals surface area contributed by atoms with E-state index in [0.717, 1.165) is 5.69 Å².